The minimum Gasteiger partial charge on any atom is -0.342 e. The molecule has 0 unspecified atom stereocenters. The van der Waals surface area contributed by atoms with Crippen LogP contribution in [0.5, 0.6) is 0 Å². The van der Waals surface area contributed by atoms with Gasteiger partial charge in [0.2, 0.25) is 5.91 Å². The molecule has 0 bridgehead atoms. The van der Waals surface area contributed by atoms with Crippen molar-refractivity contribution in [2.24, 2.45) is 0 Å². The number of hydrogen-bond acceptors (Lipinski definition) is 5. The lowest BCUT2D eigenvalue weighted by molar-refractivity contribution is -0.113. The van der Waals surface area contributed by atoms with Crippen LogP contribution in [0.3, 0.4) is 0 Å². The van der Waals surface area contributed by atoms with Gasteiger partial charge in [-0.05, 0) is 31.2 Å². The summed E-state index contributed by atoms with van der Waals surface area (Å²) in [5, 5.41) is 15.5. The molecule has 7 nitrogen and oxygen atoms in total. The first-order valence-electron chi connectivity index (χ1n) is 9.77. The molecule has 0 aliphatic heterocycles. The highest BCUT2D eigenvalue weighted by Crippen LogP contribution is 2.30. The topological polar surface area (TPSA) is 88.9 Å². The Hall–Kier alpha value is -2.52. The van der Waals surface area contributed by atoms with Crippen LogP contribution in [0, 0.1) is 0 Å². The quantitative estimate of drug-likeness (QED) is 0.279. The molecule has 0 radical (unpaired) electrons. The second-order valence-electron chi connectivity index (χ2n) is 6.85. The van der Waals surface area contributed by atoms with Crippen LogP contribution in [0.15, 0.2) is 60.3 Å². The molecule has 2 aromatic carbocycles. The molecule has 3 rings (SSSR count). The molecule has 2 amide bonds. The van der Waals surface area contributed by atoms with Crippen LogP contribution in [0.25, 0.3) is 0 Å². The molecule has 0 fully saturated rings. The maximum Gasteiger partial charge on any atom is 0.253 e. The smallest absolute Gasteiger partial charge is 0.253 e. The van der Waals surface area contributed by atoms with Crippen molar-refractivity contribution in [3.63, 3.8) is 0 Å². The maximum absolute atomic E-state index is 12.6. The van der Waals surface area contributed by atoms with Gasteiger partial charge in [0.15, 0.2) is 11.0 Å². The second-order valence-corrected chi connectivity index (χ2v) is 8.99. The molecule has 1 atom stereocenters. The summed E-state index contributed by atoms with van der Waals surface area (Å²) in [5.41, 5.74) is 0.797. The molecule has 1 heterocycles. The van der Waals surface area contributed by atoms with E-state index in [1.54, 1.807) is 60.0 Å². The van der Waals surface area contributed by atoms with E-state index < -0.39 is 6.04 Å². The van der Waals surface area contributed by atoms with Crippen molar-refractivity contribution in [2.75, 3.05) is 11.1 Å². The fourth-order valence-corrected chi connectivity index (χ4v) is 4.25. The third-order valence-corrected chi connectivity index (χ3v) is 6.58. The van der Waals surface area contributed by atoms with Crippen molar-refractivity contribution in [3.05, 3.63) is 81.6 Å². The van der Waals surface area contributed by atoms with Gasteiger partial charge in [0.05, 0.1) is 38.1 Å². The van der Waals surface area contributed by atoms with E-state index >= 15 is 0 Å². The zero-order valence-corrected chi connectivity index (χ0v) is 20.6. The van der Waals surface area contributed by atoms with Gasteiger partial charge < -0.3 is 15.2 Å². The van der Waals surface area contributed by atoms with Crippen LogP contribution in [0.1, 0.15) is 29.1 Å². The van der Waals surface area contributed by atoms with Crippen LogP contribution >= 0.6 is 46.6 Å². The van der Waals surface area contributed by atoms with Gasteiger partial charge in [-0.2, -0.15) is 0 Å². The Kier molecular flexibility index (Phi) is 8.80. The van der Waals surface area contributed by atoms with E-state index in [1.165, 1.54) is 11.8 Å². The highest BCUT2D eigenvalue weighted by atomic mass is 35.5. The first-order chi connectivity index (χ1) is 15.8. The van der Waals surface area contributed by atoms with E-state index in [0.29, 0.717) is 38.8 Å². The van der Waals surface area contributed by atoms with Gasteiger partial charge >= 0.3 is 0 Å². The summed E-state index contributed by atoms with van der Waals surface area (Å²) in [4.78, 5) is 25.0. The van der Waals surface area contributed by atoms with Gasteiger partial charge in [0, 0.05) is 6.54 Å². The number of hydrogen-bond donors (Lipinski definition) is 2. The van der Waals surface area contributed by atoms with Gasteiger partial charge in [-0.25, -0.2) is 0 Å². The number of aromatic nitrogens is 3. The maximum atomic E-state index is 12.6. The fourth-order valence-electron chi connectivity index (χ4n) is 2.93. The summed E-state index contributed by atoms with van der Waals surface area (Å²) < 4.78 is 1.79. The average molecular weight is 525 g/mol. The Morgan fingerprint density at radius 3 is 2.58 bits per heavy atom. The van der Waals surface area contributed by atoms with Crippen LogP contribution in [0.4, 0.5) is 5.69 Å². The van der Waals surface area contributed by atoms with E-state index in [-0.39, 0.29) is 22.6 Å². The molecule has 0 saturated carbocycles. The molecule has 33 heavy (non-hydrogen) atoms. The Bertz CT molecular complexity index is 1180. The monoisotopic (exact) mass is 523 g/mol. The van der Waals surface area contributed by atoms with Crippen molar-refractivity contribution in [1.82, 2.24) is 20.1 Å². The van der Waals surface area contributed by atoms with Gasteiger partial charge in [0.25, 0.3) is 5.91 Å². The molecular weight excluding hydrogens is 505 g/mol. The van der Waals surface area contributed by atoms with Gasteiger partial charge in [-0.3, -0.25) is 9.59 Å². The fraction of sp³-hybridized carbons (Fsp3) is 0.182. The second kappa shape index (κ2) is 11.6. The van der Waals surface area contributed by atoms with E-state index in [1.807, 2.05) is 0 Å². The molecule has 0 aliphatic rings. The Labute approximate surface area is 210 Å². The van der Waals surface area contributed by atoms with Crippen LogP contribution < -0.4 is 10.6 Å². The molecule has 3 aromatic rings. The molecule has 172 valence electrons. The third kappa shape index (κ3) is 6.29. The standard InChI is InChI=1S/C22H20Cl3N5O2S/c1-3-11-30-20(13(2)26-21(32)14-7-4-5-8-15(14)23)28-29-22(30)33-12-18(31)27-17-10-6-9-16(24)19(17)25/h3-10,13H,1,11-12H2,2H3,(H,26,32)(H,27,31)/t13-/m1/s1. The molecule has 0 aliphatic carbocycles. The summed E-state index contributed by atoms with van der Waals surface area (Å²) >= 11 is 19.4. The normalized spacial score (nSPS) is 11.6. The number of allylic oxidation sites excluding steroid dienone is 1. The van der Waals surface area contributed by atoms with Crippen LogP contribution in [-0.4, -0.2) is 32.3 Å². The van der Waals surface area contributed by atoms with Crippen molar-refractivity contribution in [3.8, 4) is 0 Å². The third-order valence-electron chi connectivity index (χ3n) is 4.47. The van der Waals surface area contributed by atoms with E-state index in [2.05, 4.69) is 27.4 Å². The number of benzene rings is 2. The Balaban J connectivity index is 1.69. The predicted octanol–water partition coefficient (Wildman–Crippen LogP) is 5.65. The molecule has 0 spiro atoms. The summed E-state index contributed by atoms with van der Waals surface area (Å²) in [6.45, 7) is 5.96. The molecule has 2 N–H and O–H groups in total. The first-order valence-corrected chi connectivity index (χ1v) is 11.9. The number of amides is 2. The minimum absolute atomic E-state index is 0.0679. The number of nitrogens with zero attached hydrogens (tertiary/aromatic N) is 3. The SMILES string of the molecule is C=CCn1c(SCC(=O)Nc2cccc(Cl)c2Cl)nnc1[C@@H](C)NC(=O)c1ccccc1Cl. The van der Waals surface area contributed by atoms with Gasteiger partial charge in [-0.1, -0.05) is 70.8 Å². The van der Waals surface area contributed by atoms with Gasteiger partial charge in [-0.15, -0.1) is 16.8 Å². The number of carbonyl (C=O) groups is 2. The summed E-state index contributed by atoms with van der Waals surface area (Å²) in [6.07, 6.45) is 1.69. The van der Waals surface area contributed by atoms with Gasteiger partial charge in [0.1, 0.15) is 0 Å². The lowest BCUT2D eigenvalue weighted by atomic mass is 10.2. The van der Waals surface area contributed by atoms with E-state index in [0.717, 1.165) is 0 Å². The molecule has 0 saturated heterocycles. The zero-order chi connectivity index (χ0) is 24.0. The van der Waals surface area contributed by atoms with E-state index in [4.69, 9.17) is 34.8 Å². The molecule has 1 aromatic heterocycles. The largest absolute Gasteiger partial charge is 0.342 e. The van der Waals surface area contributed by atoms with Crippen LogP contribution in [-0.2, 0) is 11.3 Å². The molecular formula is C22H20Cl3N5O2S. The number of carbonyl (C=O) groups excluding carboxylic acids is 2. The number of anilines is 1. The molecule has 11 heteroatoms. The number of nitrogens with one attached hydrogen (secondary N) is 2. The van der Waals surface area contributed by atoms with Crippen molar-refractivity contribution >= 4 is 64.1 Å². The Morgan fingerprint density at radius 2 is 1.85 bits per heavy atom. The van der Waals surface area contributed by atoms with Crippen molar-refractivity contribution in [2.45, 2.75) is 24.7 Å². The van der Waals surface area contributed by atoms with Crippen molar-refractivity contribution in [1.29, 1.82) is 0 Å². The first kappa shape index (κ1) is 25.1. The predicted molar refractivity (Wildman–Crippen MR) is 133 cm³/mol. The van der Waals surface area contributed by atoms with E-state index in [9.17, 15) is 9.59 Å². The highest BCUT2D eigenvalue weighted by molar-refractivity contribution is 7.99. The highest BCUT2D eigenvalue weighted by Gasteiger charge is 2.21. The summed E-state index contributed by atoms with van der Waals surface area (Å²) in [6, 6.07) is 11.3. The summed E-state index contributed by atoms with van der Waals surface area (Å²) in [7, 11) is 0. The number of thioether (sulfide) groups is 1. The van der Waals surface area contributed by atoms with Crippen LogP contribution in [0.2, 0.25) is 15.1 Å². The average Bonchev–Trinajstić information content (AvgIpc) is 3.18. The lowest BCUT2D eigenvalue weighted by Crippen LogP contribution is -2.29. The zero-order valence-electron chi connectivity index (χ0n) is 17.5. The summed E-state index contributed by atoms with van der Waals surface area (Å²) in [5.74, 6) is -0.0124. The number of halogens is 3. The Morgan fingerprint density at radius 1 is 1.12 bits per heavy atom. The lowest BCUT2D eigenvalue weighted by Gasteiger charge is -2.15. The number of rotatable bonds is 9. The van der Waals surface area contributed by atoms with Crippen molar-refractivity contribution < 1.29 is 9.59 Å². The minimum atomic E-state index is -0.463.